The molecule has 1 aromatic carbocycles. The molecule has 0 aromatic heterocycles. The van der Waals surface area contributed by atoms with Gasteiger partial charge in [0.05, 0.1) is 27.3 Å². The second-order valence-electron chi connectivity index (χ2n) is 4.06. The lowest BCUT2D eigenvalue weighted by molar-refractivity contribution is -0.125. The SMILES string of the molecule is COc1cc(Br)c(CNC(=O)CNC(=O)CN)cc1OC. The van der Waals surface area contributed by atoms with Gasteiger partial charge in [0, 0.05) is 11.0 Å². The first-order chi connectivity index (χ1) is 10.0. The molecule has 0 aliphatic carbocycles. The van der Waals surface area contributed by atoms with Gasteiger partial charge in [-0.05, 0) is 17.7 Å². The summed E-state index contributed by atoms with van der Waals surface area (Å²) in [5.74, 6) is 0.479. The van der Waals surface area contributed by atoms with Crippen LogP contribution in [0.15, 0.2) is 16.6 Å². The average Bonchev–Trinajstić information content (AvgIpc) is 2.50. The number of carbonyl (C=O) groups is 2. The first-order valence-corrected chi connectivity index (χ1v) is 6.95. The summed E-state index contributed by atoms with van der Waals surface area (Å²) in [5, 5.41) is 5.08. The van der Waals surface area contributed by atoms with Crippen molar-refractivity contribution in [3.05, 3.63) is 22.2 Å². The molecule has 0 bridgehead atoms. The molecule has 8 heteroatoms. The van der Waals surface area contributed by atoms with E-state index in [0.29, 0.717) is 11.5 Å². The van der Waals surface area contributed by atoms with Crippen LogP contribution in [0.5, 0.6) is 11.5 Å². The lowest BCUT2D eigenvalue weighted by atomic mass is 10.2. The summed E-state index contributed by atoms with van der Waals surface area (Å²) in [6.07, 6.45) is 0. The van der Waals surface area contributed by atoms with E-state index in [0.717, 1.165) is 10.0 Å². The van der Waals surface area contributed by atoms with Gasteiger partial charge in [-0.25, -0.2) is 0 Å². The third kappa shape index (κ3) is 5.24. The quantitative estimate of drug-likeness (QED) is 0.643. The Balaban J connectivity index is 2.63. The third-order valence-corrected chi connectivity index (χ3v) is 3.40. The Morgan fingerprint density at radius 3 is 2.33 bits per heavy atom. The molecule has 0 aliphatic rings. The van der Waals surface area contributed by atoms with Crippen LogP contribution in [-0.2, 0) is 16.1 Å². The molecule has 1 rings (SSSR count). The number of methoxy groups -OCH3 is 2. The van der Waals surface area contributed by atoms with Crippen LogP contribution in [0, 0.1) is 0 Å². The maximum atomic E-state index is 11.6. The number of ether oxygens (including phenoxy) is 2. The second kappa shape index (κ2) is 8.48. The zero-order valence-corrected chi connectivity index (χ0v) is 13.5. The second-order valence-corrected chi connectivity index (χ2v) is 4.91. The van der Waals surface area contributed by atoms with Gasteiger partial charge in [-0.3, -0.25) is 9.59 Å². The Labute approximate surface area is 131 Å². The molecule has 0 saturated carbocycles. The fraction of sp³-hybridized carbons (Fsp3) is 0.385. The third-order valence-electron chi connectivity index (χ3n) is 2.66. The Hall–Kier alpha value is -1.80. The normalized spacial score (nSPS) is 9.90. The molecule has 1 aromatic rings. The molecule has 0 heterocycles. The molecule has 4 N–H and O–H groups in total. The number of halogens is 1. The van der Waals surface area contributed by atoms with Crippen LogP contribution in [0.2, 0.25) is 0 Å². The summed E-state index contributed by atoms with van der Waals surface area (Å²) >= 11 is 3.40. The molecule has 2 amide bonds. The van der Waals surface area contributed by atoms with Crippen LogP contribution >= 0.6 is 15.9 Å². The van der Waals surface area contributed by atoms with Gasteiger partial charge >= 0.3 is 0 Å². The first-order valence-electron chi connectivity index (χ1n) is 6.15. The molecule has 0 fully saturated rings. The molecule has 0 aliphatic heterocycles. The lowest BCUT2D eigenvalue weighted by Gasteiger charge is -2.12. The van der Waals surface area contributed by atoms with Crippen molar-refractivity contribution in [1.82, 2.24) is 10.6 Å². The van der Waals surface area contributed by atoms with Crippen molar-refractivity contribution >= 4 is 27.7 Å². The van der Waals surface area contributed by atoms with E-state index in [1.807, 2.05) is 0 Å². The number of hydrogen-bond acceptors (Lipinski definition) is 5. The van der Waals surface area contributed by atoms with Gasteiger partial charge in [0.1, 0.15) is 0 Å². The standard InChI is InChI=1S/C13H18BrN3O4/c1-20-10-3-8(9(14)4-11(10)21-2)6-16-13(19)7-17-12(18)5-15/h3-4H,5-7,15H2,1-2H3,(H,16,19)(H,17,18). The van der Waals surface area contributed by atoms with Gasteiger partial charge < -0.3 is 25.8 Å². The molecule has 0 saturated heterocycles. The van der Waals surface area contributed by atoms with E-state index in [2.05, 4.69) is 26.6 Å². The molecule has 0 unspecified atom stereocenters. The predicted molar refractivity (Wildman–Crippen MR) is 81.2 cm³/mol. The monoisotopic (exact) mass is 359 g/mol. The van der Waals surface area contributed by atoms with E-state index in [-0.39, 0.29) is 31.4 Å². The number of nitrogens with two attached hydrogens (primary N) is 1. The molecule has 0 radical (unpaired) electrons. The zero-order valence-electron chi connectivity index (χ0n) is 11.9. The summed E-state index contributed by atoms with van der Waals surface area (Å²) in [5.41, 5.74) is 5.95. The largest absolute Gasteiger partial charge is 0.493 e. The average molecular weight is 360 g/mol. The van der Waals surface area contributed by atoms with Gasteiger partial charge in [-0.1, -0.05) is 15.9 Å². The minimum absolute atomic E-state index is 0.110. The molecule has 7 nitrogen and oxygen atoms in total. The Morgan fingerprint density at radius 1 is 1.14 bits per heavy atom. The number of amides is 2. The van der Waals surface area contributed by atoms with Crippen LogP contribution in [0.4, 0.5) is 0 Å². The van der Waals surface area contributed by atoms with Crippen LogP contribution in [-0.4, -0.2) is 39.1 Å². The minimum atomic E-state index is -0.377. The van der Waals surface area contributed by atoms with Crippen molar-refractivity contribution < 1.29 is 19.1 Å². The fourth-order valence-corrected chi connectivity index (χ4v) is 2.00. The molecule has 21 heavy (non-hydrogen) atoms. The van der Waals surface area contributed by atoms with E-state index >= 15 is 0 Å². The van der Waals surface area contributed by atoms with Crippen LogP contribution in [0.3, 0.4) is 0 Å². The number of hydrogen-bond donors (Lipinski definition) is 3. The minimum Gasteiger partial charge on any atom is -0.493 e. The van der Waals surface area contributed by atoms with E-state index in [4.69, 9.17) is 15.2 Å². The van der Waals surface area contributed by atoms with Gasteiger partial charge in [0.15, 0.2) is 11.5 Å². The fourth-order valence-electron chi connectivity index (χ4n) is 1.54. The van der Waals surface area contributed by atoms with Gasteiger partial charge in [0.2, 0.25) is 11.8 Å². The van der Waals surface area contributed by atoms with E-state index in [1.165, 1.54) is 7.11 Å². The van der Waals surface area contributed by atoms with Crippen LogP contribution in [0.25, 0.3) is 0 Å². The Kier molecular flexibility index (Phi) is 6.97. The van der Waals surface area contributed by atoms with E-state index < -0.39 is 0 Å². The maximum Gasteiger partial charge on any atom is 0.239 e. The lowest BCUT2D eigenvalue weighted by Crippen LogP contribution is -2.39. The van der Waals surface area contributed by atoms with E-state index in [9.17, 15) is 9.59 Å². The van der Waals surface area contributed by atoms with Crippen molar-refractivity contribution in [2.75, 3.05) is 27.3 Å². The maximum absolute atomic E-state index is 11.6. The summed E-state index contributed by atoms with van der Waals surface area (Å²) in [7, 11) is 3.09. The summed E-state index contributed by atoms with van der Waals surface area (Å²) in [6.45, 7) is 0.0354. The molecule has 0 atom stereocenters. The van der Waals surface area contributed by atoms with Crippen molar-refractivity contribution in [3.63, 3.8) is 0 Å². The van der Waals surface area contributed by atoms with E-state index in [1.54, 1.807) is 19.2 Å². The summed E-state index contributed by atoms with van der Waals surface area (Å²) in [6, 6.07) is 3.53. The smallest absolute Gasteiger partial charge is 0.239 e. The van der Waals surface area contributed by atoms with Gasteiger partial charge in [-0.2, -0.15) is 0 Å². The Morgan fingerprint density at radius 2 is 1.76 bits per heavy atom. The van der Waals surface area contributed by atoms with Gasteiger partial charge in [0.25, 0.3) is 0 Å². The number of carbonyl (C=O) groups excluding carboxylic acids is 2. The van der Waals surface area contributed by atoms with Crippen molar-refractivity contribution in [2.24, 2.45) is 5.73 Å². The first kappa shape index (κ1) is 17.3. The van der Waals surface area contributed by atoms with Crippen LogP contribution in [0.1, 0.15) is 5.56 Å². The molecule has 0 spiro atoms. The molecular formula is C13H18BrN3O4. The molecule has 116 valence electrons. The van der Waals surface area contributed by atoms with Crippen molar-refractivity contribution in [1.29, 1.82) is 0 Å². The molecular weight excluding hydrogens is 342 g/mol. The number of rotatable bonds is 7. The Bertz CT molecular complexity index is 522. The highest BCUT2D eigenvalue weighted by atomic mass is 79.9. The summed E-state index contributed by atoms with van der Waals surface area (Å²) in [4.78, 5) is 22.5. The highest BCUT2D eigenvalue weighted by molar-refractivity contribution is 9.10. The van der Waals surface area contributed by atoms with Crippen molar-refractivity contribution in [2.45, 2.75) is 6.54 Å². The predicted octanol–water partition coefficient (Wildman–Crippen LogP) is 0.157. The van der Waals surface area contributed by atoms with Crippen LogP contribution < -0.4 is 25.8 Å². The number of nitrogens with one attached hydrogen (secondary N) is 2. The summed E-state index contributed by atoms with van der Waals surface area (Å²) < 4.78 is 11.2. The topological polar surface area (TPSA) is 103 Å². The zero-order chi connectivity index (χ0) is 15.8. The highest BCUT2D eigenvalue weighted by Crippen LogP contribution is 2.33. The van der Waals surface area contributed by atoms with Crippen molar-refractivity contribution in [3.8, 4) is 11.5 Å². The van der Waals surface area contributed by atoms with Gasteiger partial charge in [-0.15, -0.1) is 0 Å². The highest BCUT2D eigenvalue weighted by Gasteiger charge is 2.11. The number of benzene rings is 1.